The molecule has 1 rings (SSSR count). The summed E-state index contributed by atoms with van der Waals surface area (Å²) in [6.07, 6.45) is 0. The molecule has 0 aromatic heterocycles. The minimum Gasteiger partial charge on any atom is -1.00 e. The minimum atomic E-state index is -4.47. The first-order chi connectivity index (χ1) is 5.41. The Morgan fingerprint density at radius 1 is 1.21 bits per heavy atom. The van der Waals surface area contributed by atoms with Crippen LogP contribution in [0.3, 0.4) is 0 Å². The first-order valence-corrected chi connectivity index (χ1v) is 4.35. The van der Waals surface area contributed by atoms with Gasteiger partial charge in [0.2, 0.25) is 0 Å². The van der Waals surface area contributed by atoms with Crippen LogP contribution in [-0.2, 0) is 29.6 Å². The number of hydrogen-bond donors (Lipinski definition) is 3. The molecular formula is C6H8MgO5SZn. The largest absolute Gasteiger partial charge is 2.00 e. The molecule has 1 aromatic carbocycles. The zero-order valence-electron chi connectivity index (χ0n) is 9.21. The van der Waals surface area contributed by atoms with E-state index in [4.69, 9.17) is 14.8 Å². The van der Waals surface area contributed by atoms with Gasteiger partial charge in [0.05, 0.1) is 0 Å². The van der Waals surface area contributed by atoms with Crippen molar-refractivity contribution in [2.75, 3.05) is 0 Å². The van der Waals surface area contributed by atoms with Crippen molar-refractivity contribution >= 4 is 33.2 Å². The Kier molecular flexibility index (Phi) is 6.94. The van der Waals surface area contributed by atoms with Gasteiger partial charge in [0, 0.05) is 25.5 Å². The summed E-state index contributed by atoms with van der Waals surface area (Å²) in [7, 11) is -4.47. The van der Waals surface area contributed by atoms with E-state index in [1.165, 1.54) is 0 Å². The van der Waals surface area contributed by atoms with E-state index in [0.29, 0.717) is 0 Å². The van der Waals surface area contributed by atoms with Gasteiger partial charge in [-0.05, 0) is 12.1 Å². The zero-order chi connectivity index (χ0) is 9.35. The van der Waals surface area contributed by atoms with Crippen LogP contribution in [0.1, 0.15) is 2.85 Å². The maximum Gasteiger partial charge on any atom is 2.00 e. The molecule has 0 atom stereocenters. The summed E-state index contributed by atoms with van der Waals surface area (Å²) in [5.74, 6) is -0.948. The van der Waals surface area contributed by atoms with E-state index in [2.05, 4.69) is 0 Å². The van der Waals surface area contributed by atoms with Crippen LogP contribution >= 0.6 is 0 Å². The summed E-state index contributed by atoms with van der Waals surface area (Å²) < 4.78 is 29.5. The molecule has 14 heavy (non-hydrogen) atoms. The Bertz CT molecular complexity index is 413. The van der Waals surface area contributed by atoms with E-state index in [-0.39, 0.29) is 51.1 Å². The van der Waals surface area contributed by atoms with Gasteiger partial charge in [-0.2, -0.15) is 8.42 Å². The number of rotatable bonds is 1. The van der Waals surface area contributed by atoms with Crippen molar-refractivity contribution in [2.24, 2.45) is 0 Å². The molecule has 0 bridgehead atoms. The minimum absolute atomic E-state index is 0. The van der Waals surface area contributed by atoms with Crippen LogP contribution < -0.4 is 0 Å². The topological polar surface area (TPSA) is 94.8 Å². The Morgan fingerprint density at radius 3 is 2.07 bits per heavy atom. The second-order valence-corrected chi connectivity index (χ2v) is 3.52. The molecule has 0 aliphatic carbocycles. The standard InChI is InChI=1S/C6H6O5S.Mg.Zn.2H/c7-4-1-2-5(8)6(3-4)12(9,10)11;;;;/h1-3,7-8H,(H,9,10,11);;;;/q;+2;;2*-1. The molecule has 0 spiro atoms. The van der Waals surface area contributed by atoms with Crippen molar-refractivity contribution in [3.05, 3.63) is 18.2 Å². The number of aromatic hydroxyl groups is 2. The summed E-state index contributed by atoms with van der Waals surface area (Å²) >= 11 is 0. The average molecular weight is 282 g/mol. The summed E-state index contributed by atoms with van der Waals surface area (Å²) in [6, 6.07) is 2.83. The number of phenols is 2. The fraction of sp³-hybridized carbons (Fsp3) is 0. The Hall–Kier alpha value is 0.120. The van der Waals surface area contributed by atoms with E-state index >= 15 is 0 Å². The molecule has 5 nitrogen and oxygen atoms in total. The first kappa shape index (κ1) is 16.5. The van der Waals surface area contributed by atoms with E-state index < -0.39 is 20.8 Å². The van der Waals surface area contributed by atoms with Crippen LogP contribution in [0.15, 0.2) is 23.1 Å². The predicted octanol–water partition coefficient (Wildman–Crippen LogP) is 0.186. The Balaban J connectivity index is -0.000000180. The second-order valence-electron chi connectivity index (χ2n) is 2.13. The smallest absolute Gasteiger partial charge is 1.00 e. The third kappa shape index (κ3) is 4.10. The number of hydrogen-bond acceptors (Lipinski definition) is 4. The van der Waals surface area contributed by atoms with Gasteiger partial charge in [-0.25, -0.2) is 0 Å². The molecule has 72 valence electrons. The molecule has 0 aliphatic rings. The maximum absolute atomic E-state index is 10.5. The average Bonchev–Trinajstić information content (AvgIpc) is 1.92. The maximum atomic E-state index is 10.5. The molecule has 0 fully saturated rings. The van der Waals surface area contributed by atoms with Gasteiger partial charge in [-0.15, -0.1) is 0 Å². The van der Waals surface area contributed by atoms with Crippen molar-refractivity contribution in [2.45, 2.75) is 4.90 Å². The quantitative estimate of drug-likeness (QED) is 0.388. The van der Waals surface area contributed by atoms with Crippen molar-refractivity contribution in [1.29, 1.82) is 0 Å². The van der Waals surface area contributed by atoms with E-state index in [1.54, 1.807) is 0 Å². The fourth-order valence-electron chi connectivity index (χ4n) is 0.709. The molecular weight excluding hydrogens is 274 g/mol. The molecule has 0 heterocycles. The normalized spacial score (nSPS) is 9.79. The molecule has 3 N–H and O–H groups in total. The van der Waals surface area contributed by atoms with E-state index in [9.17, 15) is 8.42 Å². The SMILES string of the molecule is O=S(=O)(O)c1cc(O)ccc1O.[H-].[H-].[Mg+2].[Zn]. The van der Waals surface area contributed by atoms with Gasteiger partial charge in [0.1, 0.15) is 16.4 Å². The predicted molar refractivity (Wildman–Crippen MR) is 47.6 cm³/mol. The molecule has 0 unspecified atom stereocenters. The third-order valence-electron chi connectivity index (χ3n) is 1.22. The van der Waals surface area contributed by atoms with Gasteiger partial charge in [0.25, 0.3) is 10.1 Å². The molecule has 0 saturated carbocycles. The molecule has 8 heteroatoms. The Morgan fingerprint density at radius 2 is 1.71 bits per heavy atom. The van der Waals surface area contributed by atoms with Gasteiger partial charge in [-0.3, -0.25) is 4.55 Å². The van der Waals surface area contributed by atoms with Crippen LogP contribution in [0.25, 0.3) is 0 Å². The Labute approximate surface area is 113 Å². The van der Waals surface area contributed by atoms with Gasteiger partial charge in [0.15, 0.2) is 0 Å². The van der Waals surface area contributed by atoms with Crippen LogP contribution in [-0.4, -0.2) is 46.2 Å². The summed E-state index contributed by atoms with van der Waals surface area (Å²) in [6.45, 7) is 0. The first-order valence-electron chi connectivity index (χ1n) is 2.91. The molecule has 0 saturated heterocycles. The monoisotopic (exact) mass is 280 g/mol. The second kappa shape index (κ2) is 5.87. The van der Waals surface area contributed by atoms with E-state index in [0.717, 1.165) is 18.2 Å². The van der Waals surface area contributed by atoms with Gasteiger partial charge < -0.3 is 13.1 Å². The van der Waals surface area contributed by atoms with Gasteiger partial charge >= 0.3 is 23.1 Å². The van der Waals surface area contributed by atoms with Crippen molar-refractivity contribution in [3.63, 3.8) is 0 Å². The van der Waals surface area contributed by atoms with Crippen LogP contribution in [0.4, 0.5) is 0 Å². The van der Waals surface area contributed by atoms with Crippen LogP contribution in [0.2, 0.25) is 0 Å². The summed E-state index contributed by atoms with van der Waals surface area (Å²) in [5, 5.41) is 17.7. The molecule has 0 radical (unpaired) electrons. The van der Waals surface area contributed by atoms with Gasteiger partial charge in [-0.1, -0.05) is 0 Å². The number of phenolic OH excluding ortho intramolecular Hbond substituents is 2. The fourth-order valence-corrected chi connectivity index (χ4v) is 1.31. The van der Waals surface area contributed by atoms with Crippen molar-refractivity contribution in [3.8, 4) is 11.5 Å². The van der Waals surface area contributed by atoms with Crippen LogP contribution in [0, 0.1) is 0 Å². The molecule has 0 amide bonds. The molecule has 1 aromatic rings. The summed E-state index contributed by atoms with van der Waals surface area (Å²) in [4.78, 5) is -0.706. The van der Waals surface area contributed by atoms with Crippen molar-refractivity contribution in [1.82, 2.24) is 0 Å². The third-order valence-corrected chi connectivity index (χ3v) is 2.10. The summed E-state index contributed by atoms with van der Waals surface area (Å²) in [5.41, 5.74) is 0. The van der Waals surface area contributed by atoms with Crippen molar-refractivity contribution < 1.29 is 45.5 Å². The molecule has 0 aliphatic heterocycles. The van der Waals surface area contributed by atoms with E-state index in [1.807, 2.05) is 0 Å². The number of benzene rings is 1. The zero-order valence-corrected chi connectivity index (χ0v) is 12.4. The van der Waals surface area contributed by atoms with Crippen LogP contribution in [0.5, 0.6) is 11.5 Å².